The highest BCUT2D eigenvalue weighted by molar-refractivity contribution is 5.96. The molecule has 3 aromatic rings. The Balaban J connectivity index is 1.73. The van der Waals surface area contributed by atoms with Gasteiger partial charge in [-0.1, -0.05) is 18.2 Å². The zero-order valence-corrected chi connectivity index (χ0v) is 13.1. The van der Waals surface area contributed by atoms with Crippen LogP contribution < -0.4 is 10.2 Å². The van der Waals surface area contributed by atoms with Crippen molar-refractivity contribution in [1.82, 2.24) is 5.43 Å². The Hall–Kier alpha value is -3.68. The standard InChI is InChI=1S/C17H13N3O5/c1-24-15-7-6-11(8-13(15)20(22)23)10-18-19-17(21)16-9-12-4-2-3-5-14(12)25-16/h2-10H,1H3,(H,19,21)/b18-10+. The van der Waals surface area contributed by atoms with E-state index in [4.69, 9.17) is 9.15 Å². The predicted molar refractivity (Wildman–Crippen MR) is 90.9 cm³/mol. The van der Waals surface area contributed by atoms with E-state index >= 15 is 0 Å². The van der Waals surface area contributed by atoms with Gasteiger partial charge in [0, 0.05) is 17.0 Å². The molecule has 0 spiro atoms. The fraction of sp³-hybridized carbons (Fsp3) is 0.0588. The van der Waals surface area contributed by atoms with Crippen LogP contribution in [-0.2, 0) is 0 Å². The number of nitro benzene ring substituents is 1. The largest absolute Gasteiger partial charge is 0.490 e. The number of hydrazone groups is 1. The minimum Gasteiger partial charge on any atom is -0.490 e. The second-order valence-corrected chi connectivity index (χ2v) is 5.04. The van der Waals surface area contributed by atoms with Gasteiger partial charge in [0.2, 0.25) is 0 Å². The molecule has 1 N–H and O–H groups in total. The zero-order chi connectivity index (χ0) is 17.8. The van der Waals surface area contributed by atoms with E-state index in [-0.39, 0.29) is 17.2 Å². The third-order valence-electron chi connectivity index (χ3n) is 3.43. The van der Waals surface area contributed by atoms with E-state index in [1.165, 1.54) is 25.5 Å². The van der Waals surface area contributed by atoms with Crippen molar-refractivity contribution in [2.75, 3.05) is 7.11 Å². The van der Waals surface area contributed by atoms with E-state index in [2.05, 4.69) is 10.5 Å². The van der Waals surface area contributed by atoms with Gasteiger partial charge >= 0.3 is 11.6 Å². The number of methoxy groups -OCH3 is 1. The second-order valence-electron chi connectivity index (χ2n) is 5.04. The number of benzene rings is 2. The van der Waals surface area contributed by atoms with Crippen molar-refractivity contribution in [2.24, 2.45) is 5.10 Å². The number of carbonyl (C=O) groups is 1. The molecule has 0 atom stereocenters. The summed E-state index contributed by atoms with van der Waals surface area (Å²) >= 11 is 0. The lowest BCUT2D eigenvalue weighted by Gasteiger charge is -2.01. The maximum Gasteiger partial charge on any atom is 0.311 e. The first-order valence-electron chi connectivity index (χ1n) is 7.23. The maximum atomic E-state index is 12.0. The molecule has 8 heteroatoms. The van der Waals surface area contributed by atoms with Gasteiger partial charge < -0.3 is 9.15 Å². The van der Waals surface area contributed by atoms with E-state index in [1.807, 2.05) is 18.2 Å². The van der Waals surface area contributed by atoms with Gasteiger partial charge in [0.1, 0.15) is 5.58 Å². The third-order valence-corrected chi connectivity index (χ3v) is 3.43. The van der Waals surface area contributed by atoms with E-state index in [1.54, 1.807) is 18.2 Å². The quantitative estimate of drug-likeness (QED) is 0.436. The molecule has 1 aromatic heterocycles. The first-order chi connectivity index (χ1) is 12.1. The molecule has 0 unspecified atom stereocenters. The molecule has 0 aliphatic rings. The Labute approximate surface area is 141 Å². The van der Waals surface area contributed by atoms with Crippen LogP contribution in [0.5, 0.6) is 5.75 Å². The molecule has 0 aliphatic carbocycles. The SMILES string of the molecule is COc1ccc(/C=N/NC(=O)c2cc3ccccc3o2)cc1[N+](=O)[O-]. The highest BCUT2D eigenvalue weighted by Gasteiger charge is 2.15. The number of nitrogens with one attached hydrogen (secondary N) is 1. The smallest absolute Gasteiger partial charge is 0.311 e. The van der Waals surface area contributed by atoms with Gasteiger partial charge in [-0.15, -0.1) is 0 Å². The number of para-hydroxylation sites is 1. The molecule has 0 fully saturated rings. The summed E-state index contributed by atoms with van der Waals surface area (Å²) < 4.78 is 10.3. The number of nitrogens with zero attached hydrogens (tertiary/aromatic N) is 2. The fourth-order valence-electron chi connectivity index (χ4n) is 2.24. The van der Waals surface area contributed by atoms with Crippen molar-refractivity contribution < 1.29 is 18.9 Å². The summed E-state index contributed by atoms with van der Waals surface area (Å²) in [5.74, 6) is -0.247. The lowest BCUT2D eigenvalue weighted by molar-refractivity contribution is -0.385. The van der Waals surface area contributed by atoms with Crippen LogP contribution in [0.4, 0.5) is 5.69 Å². The summed E-state index contributed by atoms with van der Waals surface area (Å²) in [4.78, 5) is 22.5. The molecule has 1 amide bonds. The molecule has 1 heterocycles. The Morgan fingerprint density at radius 2 is 2.08 bits per heavy atom. The maximum absolute atomic E-state index is 12.0. The Morgan fingerprint density at radius 1 is 1.28 bits per heavy atom. The minimum absolute atomic E-state index is 0.124. The van der Waals surface area contributed by atoms with Crippen molar-refractivity contribution in [3.05, 3.63) is 70.0 Å². The number of hydrogen-bond acceptors (Lipinski definition) is 6. The molecule has 0 saturated carbocycles. The predicted octanol–water partition coefficient (Wildman–Crippen LogP) is 3.11. The van der Waals surface area contributed by atoms with Gasteiger partial charge in [-0.25, -0.2) is 5.43 Å². The van der Waals surface area contributed by atoms with Gasteiger partial charge in [-0.2, -0.15) is 5.10 Å². The number of hydrogen-bond donors (Lipinski definition) is 1. The zero-order valence-electron chi connectivity index (χ0n) is 13.1. The first-order valence-corrected chi connectivity index (χ1v) is 7.23. The Kier molecular flexibility index (Phi) is 4.42. The molecule has 0 aliphatic heterocycles. The lowest BCUT2D eigenvalue weighted by Crippen LogP contribution is -2.16. The number of ether oxygens (including phenoxy) is 1. The van der Waals surface area contributed by atoms with Crippen LogP contribution in [-0.4, -0.2) is 24.2 Å². The van der Waals surface area contributed by atoms with Gasteiger partial charge in [0.05, 0.1) is 18.2 Å². The molecule has 0 bridgehead atoms. The van der Waals surface area contributed by atoms with Crippen molar-refractivity contribution in [1.29, 1.82) is 0 Å². The van der Waals surface area contributed by atoms with Gasteiger partial charge in [-0.3, -0.25) is 14.9 Å². The van der Waals surface area contributed by atoms with Crippen LogP contribution in [0.3, 0.4) is 0 Å². The van der Waals surface area contributed by atoms with Crippen molar-refractivity contribution >= 4 is 28.8 Å². The van der Waals surface area contributed by atoms with Crippen LogP contribution in [0, 0.1) is 10.1 Å². The summed E-state index contributed by atoms with van der Waals surface area (Å²) in [6.07, 6.45) is 1.30. The highest BCUT2D eigenvalue weighted by Crippen LogP contribution is 2.26. The molecule has 25 heavy (non-hydrogen) atoms. The molecule has 126 valence electrons. The lowest BCUT2D eigenvalue weighted by atomic mass is 10.2. The number of amides is 1. The van der Waals surface area contributed by atoms with Crippen molar-refractivity contribution in [3.8, 4) is 5.75 Å². The van der Waals surface area contributed by atoms with Crippen LogP contribution in [0.25, 0.3) is 11.0 Å². The van der Waals surface area contributed by atoms with Gasteiger partial charge in [0.25, 0.3) is 0 Å². The number of fused-ring (bicyclic) bond motifs is 1. The summed E-state index contributed by atoms with van der Waals surface area (Å²) in [7, 11) is 1.35. The molecule has 8 nitrogen and oxygen atoms in total. The fourth-order valence-corrected chi connectivity index (χ4v) is 2.24. The number of carbonyl (C=O) groups excluding carboxylic acids is 1. The van der Waals surface area contributed by atoms with Crippen LogP contribution >= 0.6 is 0 Å². The van der Waals surface area contributed by atoms with E-state index in [9.17, 15) is 14.9 Å². The van der Waals surface area contributed by atoms with Gasteiger partial charge in [-0.05, 0) is 24.3 Å². The topological polar surface area (TPSA) is 107 Å². The van der Waals surface area contributed by atoms with Gasteiger partial charge in [0.15, 0.2) is 11.5 Å². The number of rotatable bonds is 5. The van der Waals surface area contributed by atoms with Crippen LogP contribution in [0.1, 0.15) is 16.1 Å². The third kappa shape index (κ3) is 3.47. The molecular weight excluding hydrogens is 326 g/mol. The van der Waals surface area contributed by atoms with E-state index in [0.717, 1.165) is 5.39 Å². The molecule has 3 rings (SSSR count). The number of furan rings is 1. The monoisotopic (exact) mass is 339 g/mol. The van der Waals surface area contributed by atoms with Crippen molar-refractivity contribution in [2.45, 2.75) is 0 Å². The summed E-state index contributed by atoms with van der Waals surface area (Å²) in [5, 5.41) is 15.6. The average molecular weight is 339 g/mol. The Morgan fingerprint density at radius 3 is 2.80 bits per heavy atom. The molecule has 0 saturated heterocycles. The van der Waals surface area contributed by atoms with Crippen molar-refractivity contribution in [3.63, 3.8) is 0 Å². The average Bonchev–Trinajstić information content (AvgIpc) is 3.05. The van der Waals surface area contributed by atoms with Crippen LogP contribution in [0.2, 0.25) is 0 Å². The highest BCUT2D eigenvalue weighted by atomic mass is 16.6. The normalized spacial score (nSPS) is 10.9. The summed E-state index contributed by atoms with van der Waals surface area (Å²) in [5.41, 5.74) is 3.18. The Bertz CT molecular complexity index is 944. The summed E-state index contributed by atoms with van der Waals surface area (Å²) in [6.45, 7) is 0. The van der Waals surface area contributed by atoms with E-state index < -0.39 is 10.8 Å². The molecule has 0 radical (unpaired) electrons. The number of nitro groups is 1. The second kappa shape index (κ2) is 6.83. The first kappa shape index (κ1) is 16.2. The summed E-state index contributed by atoms with van der Waals surface area (Å²) in [6, 6.07) is 13.2. The molecule has 2 aromatic carbocycles. The molecular formula is C17H13N3O5. The van der Waals surface area contributed by atoms with E-state index in [0.29, 0.717) is 11.1 Å². The minimum atomic E-state index is -0.552. The van der Waals surface area contributed by atoms with Crippen LogP contribution in [0.15, 0.2) is 58.0 Å².